The number of halogens is 1. The van der Waals surface area contributed by atoms with Crippen LogP contribution in [0.25, 0.3) is 50.0 Å². The van der Waals surface area contributed by atoms with Crippen LogP contribution in [0.1, 0.15) is 50.4 Å². The molecule has 0 atom stereocenters. The summed E-state index contributed by atoms with van der Waals surface area (Å²) in [5, 5.41) is 5.64. The predicted octanol–water partition coefficient (Wildman–Crippen LogP) is 8.55. The van der Waals surface area contributed by atoms with Crippen LogP contribution in [0.15, 0.2) is 71.3 Å². The minimum atomic E-state index is -2.57. The van der Waals surface area contributed by atoms with Crippen LogP contribution in [0, 0.1) is 31.9 Å². The van der Waals surface area contributed by atoms with E-state index >= 15 is 4.39 Å². The molecule has 0 radical (unpaired) electrons. The van der Waals surface area contributed by atoms with Crippen LogP contribution in [-0.2, 0) is 6.37 Å². The molecule has 5 nitrogen and oxygen atoms in total. The van der Waals surface area contributed by atoms with Crippen molar-refractivity contribution in [1.82, 2.24) is 19.7 Å². The topological polar surface area (TPSA) is 56.7 Å². The molecule has 0 saturated carbocycles. The first-order valence-corrected chi connectivity index (χ1v) is 12.7. The quantitative estimate of drug-likeness (QED) is 0.232. The normalized spacial score (nSPS) is 14.7. The number of hydrogen-bond acceptors (Lipinski definition) is 4. The van der Waals surface area contributed by atoms with Gasteiger partial charge in [0.15, 0.2) is 0 Å². The molecule has 0 saturated heterocycles. The molecule has 39 heavy (non-hydrogen) atoms. The number of hydrogen-bond donors (Lipinski definition) is 0. The van der Waals surface area contributed by atoms with E-state index in [1.54, 1.807) is 46.8 Å². The minimum absolute atomic E-state index is 0.0402. The van der Waals surface area contributed by atoms with Gasteiger partial charge < -0.3 is 4.42 Å². The lowest BCUT2D eigenvalue weighted by atomic mass is 9.86. The highest BCUT2D eigenvalue weighted by Gasteiger charge is 2.25. The molecule has 3 aromatic heterocycles. The first-order chi connectivity index (χ1) is 20.6. The van der Waals surface area contributed by atoms with Crippen LogP contribution < -0.4 is 0 Å². The summed E-state index contributed by atoms with van der Waals surface area (Å²) in [6, 6.07) is 17.7. The lowest BCUT2D eigenvalue weighted by Gasteiger charge is -2.20. The van der Waals surface area contributed by atoms with Crippen molar-refractivity contribution in [1.29, 1.82) is 0 Å². The molecule has 6 heteroatoms. The number of aryl methyl sites for hydroxylation is 3. The Morgan fingerprint density at radius 2 is 1.79 bits per heavy atom. The molecule has 6 aromatic rings. The van der Waals surface area contributed by atoms with Gasteiger partial charge in [0.05, 0.1) is 11.3 Å². The zero-order chi connectivity index (χ0) is 31.8. The Balaban J connectivity index is 1.68. The molecule has 0 spiro atoms. The van der Waals surface area contributed by atoms with E-state index in [1.807, 2.05) is 36.4 Å². The maximum Gasteiger partial charge on any atom is 0.150 e. The highest BCUT2D eigenvalue weighted by molar-refractivity contribution is 6.14. The number of nitrogens with zero attached hydrogens (tertiary/aromatic N) is 4. The summed E-state index contributed by atoms with van der Waals surface area (Å²) >= 11 is 0. The van der Waals surface area contributed by atoms with E-state index in [1.165, 1.54) is 23.0 Å². The zero-order valence-corrected chi connectivity index (χ0v) is 22.4. The van der Waals surface area contributed by atoms with E-state index in [9.17, 15) is 0 Å². The number of aromatic nitrogens is 4. The molecule has 3 aromatic carbocycles. The summed E-state index contributed by atoms with van der Waals surface area (Å²) in [7, 11) is 0. The molecule has 0 N–H and O–H groups in total. The number of furan rings is 1. The van der Waals surface area contributed by atoms with Crippen LogP contribution >= 0.6 is 0 Å². The lowest BCUT2D eigenvalue weighted by molar-refractivity contribution is 0.410. The molecule has 0 aliphatic rings. The zero-order valence-electron chi connectivity index (χ0n) is 27.4. The van der Waals surface area contributed by atoms with Gasteiger partial charge in [0, 0.05) is 29.4 Å². The predicted molar refractivity (Wildman–Crippen MR) is 155 cm³/mol. The van der Waals surface area contributed by atoms with Crippen LogP contribution in [0.4, 0.5) is 4.39 Å². The van der Waals surface area contributed by atoms with Gasteiger partial charge in [-0.2, -0.15) is 5.10 Å². The largest absolute Gasteiger partial charge is 0.455 e. The van der Waals surface area contributed by atoms with Crippen LogP contribution in [-0.4, -0.2) is 19.7 Å². The molecule has 0 unspecified atom stereocenters. The SMILES string of the molecule is [2H]C([2H])([2H])c1cnc(-c2cccc3c2oc2c(-c4ccccc4)c(-n4nc(C)nc4C)c(F)cc23)cc1C([2H])([2H])C(C)(C)C. The molecule has 3 heterocycles. The smallest absolute Gasteiger partial charge is 0.150 e. The second kappa shape index (κ2) is 9.16. The van der Waals surface area contributed by atoms with Crippen molar-refractivity contribution in [2.24, 2.45) is 5.41 Å². The van der Waals surface area contributed by atoms with Gasteiger partial charge in [0.25, 0.3) is 0 Å². The maximum absolute atomic E-state index is 16.2. The average Bonchev–Trinajstić information content (AvgIpc) is 3.49. The van der Waals surface area contributed by atoms with Crippen molar-refractivity contribution >= 4 is 21.9 Å². The average molecular weight is 524 g/mol. The fourth-order valence-corrected chi connectivity index (χ4v) is 5.01. The number of pyridine rings is 1. The minimum Gasteiger partial charge on any atom is -0.455 e. The van der Waals surface area contributed by atoms with E-state index < -0.39 is 24.5 Å². The molecule has 0 aliphatic carbocycles. The fourth-order valence-electron chi connectivity index (χ4n) is 5.01. The van der Waals surface area contributed by atoms with Crippen LogP contribution in [0.3, 0.4) is 0 Å². The van der Waals surface area contributed by atoms with E-state index in [0.717, 1.165) is 5.56 Å². The van der Waals surface area contributed by atoms with Crippen molar-refractivity contribution in [2.75, 3.05) is 0 Å². The summed E-state index contributed by atoms with van der Waals surface area (Å²) in [4.78, 5) is 8.87. The third-order valence-electron chi connectivity index (χ3n) is 6.55. The molecular formula is C33H31FN4O. The molecule has 196 valence electrons. The number of benzene rings is 3. The summed E-state index contributed by atoms with van der Waals surface area (Å²) in [6.45, 7) is 6.12. The van der Waals surface area contributed by atoms with Crippen molar-refractivity contribution in [3.63, 3.8) is 0 Å². The van der Waals surface area contributed by atoms with Gasteiger partial charge in [-0.1, -0.05) is 63.2 Å². The van der Waals surface area contributed by atoms with Gasteiger partial charge in [-0.05, 0) is 67.4 Å². The maximum atomic E-state index is 16.2. The Labute approximate surface area is 234 Å². The molecule has 0 bridgehead atoms. The Bertz CT molecular complexity index is 2060. The second-order valence-corrected chi connectivity index (χ2v) is 10.7. The number of rotatable bonds is 4. The highest BCUT2D eigenvalue weighted by atomic mass is 19.1. The highest BCUT2D eigenvalue weighted by Crippen LogP contribution is 2.43. The fraction of sp³-hybridized carbons (Fsp3) is 0.242. The molecular weight excluding hydrogens is 487 g/mol. The van der Waals surface area contributed by atoms with Crippen molar-refractivity contribution in [3.05, 3.63) is 95.5 Å². The first kappa shape index (κ1) is 19.7. The van der Waals surface area contributed by atoms with E-state index in [0.29, 0.717) is 50.4 Å². The Morgan fingerprint density at radius 3 is 2.49 bits per heavy atom. The first-order valence-electron chi connectivity index (χ1n) is 15.2. The third-order valence-corrected chi connectivity index (χ3v) is 6.55. The second-order valence-electron chi connectivity index (χ2n) is 10.7. The Hall–Kier alpha value is -4.32. The van der Waals surface area contributed by atoms with Crippen LogP contribution in [0.2, 0.25) is 0 Å². The van der Waals surface area contributed by atoms with Gasteiger partial charge in [0.1, 0.15) is 34.3 Å². The van der Waals surface area contributed by atoms with Gasteiger partial charge >= 0.3 is 0 Å². The van der Waals surface area contributed by atoms with Gasteiger partial charge in [-0.25, -0.2) is 14.1 Å². The summed E-state index contributed by atoms with van der Waals surface area (Å²) in [5.74, 6) is 0.526. The van der Waals surface area contributed by atoms with Crippen molar-refractivity contribution in [2.45, 2.75) is 47.8 Å². The van der Waals surface area contributed by atoms with Gasteiger partial charge in [-0.15, -0.1) is 0 Å². The van der Waals surface area contributed by atoms with Gasteiger partial charge in [-0.3, -0.25) is 4.98 Å². The number of para-hydroxylation sites is 1. The number of fused-ring (bicyclic) bond motifs is 3. The van der Waals surface area contributed by atoms with Crippen LogP contribution in [0.5, 0.6) is 0 Å². The lowest BCUT2D eigenvalue weighted by Crippen LogP contribution is -2.10. The van der Waals surface area contributed by atoms with E-state index in [2.05, 4.69) is 15.1 Å². The Kier molecular flexibility index (Phi) is 4.63. The molecule has 6 rings (SSSR count). The third kappa shape index (κ3) is 4.40. The monoisotopic (exact) mass is 523 g/mol. The summed E-state index contributed by atoms with van der Waals surface area (Å²) in [6.07, 6.45) is -0.770. The van der Waals surface area contributed by atoms with Crippen molar-refractivity contribution < 1.29 is 15.7 Å². The van der Waals surface area contributed by atoms with Gasteiger partial charge in [0.2, 0.25) is 0 Å². The standard InChI is InChI=1S/C33H31FN4O/c1-19-18-35-28(15-23(19)17-33(4,5)6)25-14-10-13-24-26-16-27(34)30(38-21(3)36-20(2)37-38)29(32(26)39-31(24)25)22-11-8-7-9-12-22/h7-16,18H,17H2,1-6H3/i1D3,17D2. The molecule has 0 aliphatic heterocycles. The molecule has 0 amide bonds. The summed E-state index contributed by atoms with van der Waals surface area (Å²) < 4.78 is 66.3. The Morgan fingerprint density at radius 1 is 1.00 bits per heavy atom. The molecule has 0 fully saturated rings. The summed E-state index contributed by atoms with van der Waals surface area (Å²) in [5.41, 5.74) is 2.15. The van der Waals surface area contributed by atoms with E-state index in [4.69, 9.17) is 11.3 Å². The van der Waals surface area contributed by atoms with E-state index in [-0.39, 0.29) is 16.8 Å². The van der Waals surface area contributed by atoms with Crippen molar-refractivity contribution in [3.8, 4) is 28.1 Å².